The Hall–Kier alpha value is -2.11. The van der Waals surface area contributed by atoms with Crippen molar-refractivity contribution in [2.24, 2.45) is 0 Å². The van der Waals surface area contributed by atoms with E-state index in [0.717, 1.165) is 0 Å². The minimum Gasteiger partial charge on any atom is -0.478 e. The van der Waals surface area contributed by atoms with Gasteiger partial charge in [0.2, 0.25) is 0 Å². The second-order valence-corrected chi connectivity index (χ2v) is 2.69. The zero-order valence-corrected chi connectivity index (χ0v) is 8.15. The highest BCUT2D eigenvalue weighted by atomic mass is 16.4. The van der Waals surface area contributed by atoms with Gasteiger partial charge in [-0.25, -0.2) is 14.6 Å². The van der Waals surface area contributed by atoms with Gasteiger partial charge in [0, 0.05) is 12.7 Å². The lowest BCUT2D eigenvalue weighted by atomic mass is 10.2. The molecular formula is C9H11N3O3. The molecule has 1 aromatic rings. The van der Waals surface area contributed by atoms with Crippen LogP contribution >= 0.6 is 0 Å². The molecule has 0 bridgehead atoms. The number of nitrogens with one attached hydrogen (secondary N) is 2. The van der Waals surface area contributed by atoms with Gasteiger partial charge in [-0.15, -0.1) is 0 Å². The van der Waals surface area contributed by atoms with Crippen LogP contribution in [0.5, 0.6) is 0 Å². The Kier molecular flexibility index (Phi) is 3.61. The maximum Gasteiger partial charge on any atom is 0.339 e. The van der Waals surface area contributed by atoms with Crippen molar-refractivity contribution in [3.8, 4) is 0 Å². The highest BCUT2D eigenvalue weighted by Crippen LogP contribution is 2.10. The molecule has 0 fully saturated rings. The van der Waals surface area contributed by atoms with Gasteiger partial charge in [0.15, 0.2) is 0 Å². The fourth-order valence-electron chi connectivity index (χ4n) is 0.990. The average Bonchev–Trinajstić information content (AvgIpc) is 2.18. The van der Waals surface area contributed by atoms with Crippen molar-refractivity contribution in [3.63, 3.8) is 0 Å². The van der Waals surface area contributed by atoms with Crippen LogP contribution in [-0.4, -0.2) is 28.6 Å². The number of aromatic carboxylic acids is 1. The fourth-order valence-corrected chi connectivity index (χ4v) is 0.990. The Balaban J connectivity index is 2.84. The molecule has 3 N–H and O–H groups in total. The number of pyridine rings is 1. The molecule has 0 saturated carbocycles. The number of carbonyl (C=O) groups excluding carboxylic acids is 1. The lowest BCUT2D eigenvalue weighted by Crippen LogP contribution is -2.29. The van der Waals surface area contributed by atoms with Crippen LogP contribution in [0.2, 0.25) is 0 Å². The maximum absolute atomic E-state index is 11.1. The molecule has 2 amide bonds. The summed E-state index contributed by atoms with van der Waals surface area (Å²) in [6, 6.07) is 2.39. The molecule has 0 atom stereocenters. The first-order valence-corrected chi connectivity index (χ1v) is 4.38. The van der Waals surface area contributed by atoms with E-state index < -0.39 is 12.0 Å². The van der Waals surface area contributed by atoms with E-state index in [9.17, 15) is 9.59 Å². The minimum absolute atomic E-state index is 0.0379. The van der Waals surface area contributed by atoms with Gasteiger partial charge in [-0.05, 0) is 19.1 Å². The second-order valence-electron chi connectivity index (χ2n) is 2.69. The number of urea groups is 1. The third kappa shape index (κ3) is 2.94. The summed E-state index contributed by atoms with van der Waals surface area (Å²) in [6.07, 6.45) is 1.41. The molecule has 15 heavy (non-hydrogen) atoms. The number of amides is 2. The van der Waals surface area contributed by atoms with E-state index in [0.29, 0.717) is 6.54 Å². The molecule has 1 rings (SSSR count). The monoisotopic (exact) mass is 209 g/mol. The lowest BCUT2D eigenvalue weighted by molar-refractivity contribution is 0.0697. The lowest BCUT2D eigenvalue weighted by Gasteiger charge is -2.06. The Labute approximate surface area is 86.3 Å². The molecule has 0 radical (unpaired) electrons. The first kappa shape index (κ1) is 11.0. The van der Waals surface area contributed by atoms with Crippen molar-refractivity contribution in [2.75, 3.05) is 11.9 Å². The molecular weight excluding hydrogens is 198 g/mol. The van der Waals surface area contributed by atoms with E-state index in [-0.39, 0.29) is 11.4 Å². The molecule has 0 aliphatic heterocycles. The van der Waals surface area contributed by atoms with Gasteiger partial charge in [-0.3, -0.25) is 5.32 Å². The van der Waals surface area contributed by atoms with Crippen LogP contribution < -0.4 is 10.6 Å². The Morgan fingerprint density at radius 1 is 1.53 bits per heavy atom. The zero-order valence-electron chi connectivity index (χ0n) is 8.15. The highest BCUT2D eigenvalue weighted by Gasteiger charge is 2.12. The van der Waals surface area contributed by atoms with Crippen LogP contribution in [0.3, 0.4) is 0 Å². The number of rotatable bonds is 3. The summed E-state index contributed by atoms with van der Waals surface area (Å²) >= 11 is 0. The highest BCUT2D eigenvalue weighted by molar-refractivity contribution is 5.98. The van der Waals surface area contributed by atoms with Crippen LogP contribution in [0.1, 0.15) is 17.3 Å². The van der Waals surface area contributed by atoms with Gasteiger partial charge in [-0.2, -0.15) is 0 Å². The number of hydrogen-bond acceptors (Lipinski definition) is 3. The fraction of sp³-hybridized carbons (Fsp3) is 0.222. The third-order valence-corrected chi connectivity index (χ3v) is 1.61. The number of hydrogen-bond donors (Lipinski definition) is 3. The van der Waals surface area contributed by atoms with Crippen molar-refractivity contribution in [2.45, 2.75) is 6.92 Å². The molecule has 1 aromatic heterocycles. The first-order valence-electron chi connectivity index (χ1n) is 4.38. The molecule has 1 heterocycles. The number of anilines is 1. The van der Waals surface area contributed by atoms with E-state index in [2.05, 4.69) is 15.6 Å². The summed E-state index contributed by atoms with van der Waals surface area (Å²) < 4.78 is 0. The maximum atomic E-state index is 11.1. The summed E-state index contributed by atoms with van der Waals surface area (Å²) in [5.41, 5.74) is -0.0382. The predicted molar refractivity (Wildman–Crippen MR) is 53.9 cm³/mol. The molecule has 0 aromatic carbocycles. The molecule has 0 saturated heterocycles. The average molecular weight is 209 g/mol. The van der Waals surface area contributed by atoms with Crippen LogP contribution in [0, 0.1) is 0 Å². The van der Waals surface area contributed by atoms with Gasteiger partial charge in [0.05, 0.1) is 0 Å². The van der Waals surface area contributed by atoms with Crippen molar-refractivity contribution < 1.29 is 14.7 Å². The third-order valence-electron chi connectivity index (χ3n) is 1.61. The van der Waals surface area contributed by atoms with E-state index in [1.54, 1.807) is 6.92 Å². The SMILES string of the molecule is CCNC(=O)Nc1ncccc1C(=O)O. The van der Waals surface area contributed by atoms with Crippen molar-refractivity contribution in [1.82, 2.24) is 10.3 Å². The van der Waals surface area contributed by atoms with Crippen LogP contribution in [0.4, 0.5) is 10.6 Å². The smallest absolute Gasteiger partial charge is 0.339 e. The van der Waals surface area contributed by atoms with Gasteiger partial charge < -0.3 is 10.4 Å². The van der Waals surface area contributed by atoms with Gasteiger partial charge in [0.25, 0.3) is 0 Å². The Morgan fingerprint density at radius 3 is 2.87 bits per heavy atom. The summed E-state index contributed by atoms with van der Waals surface area (Å²) in [7, 11) is 0. The van der Waals surface area contributed by atoms with E-state index >= 15 is 0 Å². The minimum atomic E-state index is -1.13. The molecule has 0 aliphatic rings. The molecule has 0 aliphatic carbocycles. The van der Waals surface area contributed by atoms with Gasteiger partial charge >= 0.3 is 12.0 Å². The summed E-state index contributed by atoms with van der Waals surface area (Å²) in [6.45, 7) is 2.22. The zero-order chi connectivity index (χ0) is 11.3. The number of nitrogens with zero attached hydrogens (tertiary/aromatic N) is 1. The Morgan fingerprint density at radius 2 is 2.27 bits per heavy atom. The molecule has 0 spiro atoms. The number of carbonyl (C=O) groups is 2. The number of carboxylic acid groups (broad SMARTS) is 1. The van der Waals surface area contributed by atoms with Gasteiger partial charge in [0.1, 0.15) is 11.4 Å². The largest absolute Gasteiger partial charge is 0.478 e. The Bertz CT molecular complexity index is 379. The summed E-state index contributed by atoms with van der Waals surface area (Å²) in [4.78, 5) is 25.7. The predicted octanol–water partition coefficient (Wildman–Crippen LogP) is 0.921. The van der Waals surface area contributed by atoms with Crippen molar-refractivity contribution in [3.05, 3.63) is 23.9 Å². The molecule has 6 nitrogen and oxygen atoms in total. The van der Waals surface area contributed by atoms with Crippen LogP contribution in [0.15, 0.2) is 18.3 Å². The molecule has 80 valence electrons. The molecule has 0 unspecified atom stereocenters. The van der Waals surface area contributed by atoms with Crippen molar-refractivity contribution >= 4 is 17.8 Å². The van der Waals surface area contributed by atoms with E-state index in [1.807, 2.05) is 0 Å². The van der Waals surface area contributed by atoms with Gasteiger partial charge in [-0.1, -0.05) is 0 Å². The topological polar surface area (TPSA) is 91.3 Å². The van der Waals surface area contributed by atoms with Crippen molar-refractivity contribution in [1.29, 1.82) is 0 Å². The second kappa shape index (κ2) is 4.94. The summed E-state index contributed by atoms with van der Waals surface area (Å²) in [5, 5.41) is 13.6. The number of carboxylic acids is 1. The quantitative estimate of drug-likeness (QED) is 0.690. The normalized spacial score (nSPS) is 9.40. The van der Waals surface area contributed by atoms with E-state index in [4.69, 9.17) is 5.11 Å². The van der Waals surface area contributed by atoms with Crippen LogP contribution in [0.25, 0.3) is 0 Å². The van der Waals surface area contributed by atoms with Crippen LogP contribution in [-0.2, 0) is 0 Å². The standard InChI is InChI=1S/C9H11N3O3/c1-2-10-9(15)12-7-6(8(13)14)4-3-5-11-7/h3-5H,2H2,1H3,(H,13,14)(H2,10,11,12,15). The summed E-state index contributed by atoms with van der Waals surface area (Å²) in [5.74, 6) is -1.09. The molecule has 6 heteroatoms. The van der Waals surface area contributed by atoms with E-state index in [1.165, 1.54) is 18.3 Å². The first-order chi connectivity index (χ1) is 7.15. The number of aromatic nitrogens is 1.